The van der Waals surface area contributed by atoms with E-state index in [2.05, 4.69) is 4.90 Å². The summed E-state index contributed by atoms with van der Waals surface area (Å²) in [5.74, 6) is 0. The molecule has 1 fully saturated rings. The maximum atomic E-state index is 10.9. The van der Waals surface area contributed by atoms with E-state index in [1.807, 2.05) is 7.05 Å². The maximum Gasteiger partial charge on any atom is 0.212 e. The lowest BCUT2D eigenvalue weighted by atomic mass is 10.1. The van der Waals surface area contributed by atoms with Gasteiger partial charge in [0.2, 0.25) is 10.0 Å². The maximum absolute atomic E-state index is 10.9. The predicted molar refractivity (Wildman–Crippen MR) is 50.9 cm³/mol. The van der Waals surface area contributed by atoms with Gasteiger partial charge in [-0.1, -0.05) is 0 Å². The molecule has 1 rings (SSSR count). The summed E-state index contributed by atoms with van der Waals surface area (Å²) in [5, 5.41) is 4.70. The van der Waals surface area contributed by atoms with Crippen molar-refractivity contribution in [1.82, 2.24) is 4.90 Å². The molecule has 0 radical (unpaired) electrons. The molecular formula is C6H15ClN2O2S. The van der Waals surface area contributed by atoms with Gasteiger partial charge in [0.1, 0.15) is 0 Å². The van der Waals surface area contributed by atoms with Crippen LogP contribution in [0.3, 0.4) is 0 Å². The molecule has 0 bridgehead atoms. The van der Waals surface area contributed by atoms with Gasteiger partial charge in [-0.2, -0.15) is 0 Å². The van der Waals surface area contributed by atoms with Crippen molar-refractivity contribution in [2.45, 2.75) is 18.1 Å². The van der Waals surface area contributed by atoms with Crippen molar-refractivity contribution in [3.63, 3.8) is 0 Å². The highest BCUT2D eigenvalue weighted by Crippen LogP contribution is 2.13. The number of hydrogen-bond acceptors (Lipinski definition) is 3. The lowest BCUT2D eigenvalue weighted by Gasteiger charge is -2.27. The number of primary sulfonamides is 1. The average molecular weight is 215 g/mol. The molecule has 4 nitrogen and oxygen atoms in total. The molecule has 1 saturated heterocycles. The highest BCUT2D eigenvalue weighted by Gasteiger charge is 2.25. The van der Waals surface area contributed by atoms with Crippen molar-refractivity contribution in [3.05, 3.63) is 0 Å². The van der Waals surface area contributed by atoms with E-state index < -0.39 is 10.0 Å². The molecule has 0 saturated carbocycles. The van der Waals surface area contributed by atoms with Crippen LogP contribution < -0.4 is 5.14 Å². The molecule has 74 valence electrons. The summed E-state index contributed by atoms with van der Waals surface area (Å²) in [6, 6.07) is 0. The Hall–Kier alpha value is 0.160. The van der Waals surface area contributed by atoms with Crippen molar-refractivity contribution in [3.8, 4) is 0 Å². The minimum atomic E-state index is -3.28. The summed E-state index contributed by atoms with van der Waals surface area (Å²) in [6.45, 7) is 1.67. The molecule has 0 aromatic heterocycles. The molecule has 2 N–H and O–H groups in total. The summed E-state index contributed by atoms with van der Waals surface area (Å²) in [7, 11) is -1.29. The Labute approximate surface area is 79.6 Å². The van der Waals surface area contributed by atoms with E-state index in [0.717, 1.165) is 13.1 Å². The summed E-state index contributed by atoms with van der Waals surface area (Å²) < 4.78 is 21.7. The second kappa shape index (κ2) is 4.41. The van der Waals surface area contributed by atoms with Crippen LogP contribution in [0.15, 0.2) is 0 Å². The Balaban J connectivity index is 0.00000121. The van der Waals surface area contributed by atoms with E-state index in [0.29, 0.717) is 12.8 Å². The van der Waals surface area contributed by atoms with Crippen LogP contribution in [-0.2, 0) is 10.0 Å². The Kier molecular flexibility index (Phi) is 4.47. The zero-order valence-electron chi connectivity index (χ0n) is 7.06. The lowest BCUT2D eigenvalue weighted by molar-refractivity contribution is 0.278. The third kappa shape index (κ3) is 3.26. The highest BCUT2D eigenvalue weighted by atomic mass is 35.5. The van der Waals surface area contributed by atoms with Crippen LogP contribution in [0.2, 0.25) is 0 Å². The first-order valence-corrected chi connectivity index (χ1v) is 5.31. The zero-order valence-corrected chi connectivity index (χ0v) is 8.70. The number of likely N-dealkylation sites (tertiary alicyclic amines) is 1. The van der Waals surface area contributed by atoms with Gasteiger partial charge in [0.25, 0.3) is 0 Å². The van der Waals surface area contributed by atoms with E-state index in [9.17, 15) is 8.42 Å². The molecule has 0 unspecified atom stereocenters. The van der Waals surface area contributed by atoms with Gasteiger partial charge in [-0.25, -0.2) is 13.6 Å². The van der Waals surface area contributed by atoms with E-state index in [1.54, 1.807) is 0 Å². The van der Waals surface area contributed by atoms with Gasteiger partial charge in [-0.05, 0) is 33.0 Å². The van der Waals surface area contributed by atoms with Gasteiger partial charge in [-0.15, -0.1) is 12.4 Å². The largest absolute Gasteiger partial charge is 0.306 e. The molecular weight excluding hydrogens is 200 g/mol. The third-order valence-corrected chi connectivity index (χ3v) is 3.53. The van der Waals surface area contributed by atoms with Gasteiger partial charge in [0.15, 0.2) is 0 Å². The fourth-order valence-electron chi connectivity index (χ4n) is 1.31. The second-order valence-corrected chi connectivity index (χ2v) is 4.94. The normalized spacial score (nSPS) is 21.8. The third-order valence-electron chi connectivity index (χ3n) is 2.13. The minimum Gasteiger partial charge on any atom is -0.306 e. The summed E-state index contributed by atoms with van der Waals surface area (Å²) in [6.07, 6.45) is 1.35. The molecule has 0 aliphatic carbocycles. The Morgan fingerprint density at radius 3 is 2.08 bits per heavy atom. The highest BCUT2D eigenvalue weighted by molar-refractivity contribution is 7.89. The van der Waals surface area contributed by atoms with E-state index in [1.165, 1.54) is 0 Å². The molecule has 0 atom stereocenters. The van der Waals surface area contributed by atoms with E-state index in [-0.39, 0.29) is 17.7 Å². The van der Waals surface area contributed by atoms with Crippen molar-refractivity contribution >= 4 is 22.4 Å². The fourth-order valence-corrected chi connectivity index (χ4v) is 2.18. The van der Waals surface area contributed by atoms with Crippen LogP contribution >= 0.6 is 12.4 Å². The van der Waals surface area contributed by atoms with Crippen molar-refractivity contribution in [2.75, 3.05) is 20.1 Å². The zero-order chi connectivity index (χ0) is 8.48. The molecule has 1 heterocycles. The van der Waals surface area contributed by atoms with Crippen LogP contribution in [-0.4, -0.2) is 38.7 Å². The van der Waals surface area contributed by atoms with Gasteiger partial charge >= 0.3 is 0 Å². The number of nitrogens with two attached hydrogens (primary N) is 1. The molecule has 0 spiro atoms. The summed E-state index contributed by atoms with van der Waals surface area (Å²) in [4.78, 5) is 2.11. The molecule has 1 aliphatic rings. The average Bonchev–Trinajstić information content (AvgIpc) is 1.86. The first kappa shape index (κ1) is 12.2. The molecule has 0 aromatic carbocycles. The second-order valence-electron chi connectivity index (χ2n) is 3.09. The van der Waals surface area contributed by atoms with Crippen LogP contribution in [0.5, 0.6) is 0 Å². The summed E-state index contributed by atoms with van der Waals surface area (Å²) >= 11 is 0. The molecule has 12 heavy (non-hydrogen) atoms. The Bertz CT molecular complexity index is 222. The standard InChI is InChI=1S/C6H14N2O2S.ClH/c1-8-4-2-6(3-5-8)11(7,9)10;/h6H,2-5H2,1H3,(H2,7,9,10);1H. The molecule has 0 aromatic rings. The number of piperidine rings is 1. The topological polar surface area (TPSA) is 63.4 Å². The SMILES string of the molecule is CN1CCC(S(N)(=O)=O)CC1.Cl. The quantitative estimate of drug-likeness (QED) is 0.657. The van der Waals surface area contributed by atoms with Gasteiger partial charge in [0, 0.05) is 0 Å². The van der Waals surface area contributed by atoms with Crippen LogP contribution in [0.4, 0.5) is 0 Å². The monoisotopic (exact) mass is 214 g/mol. The predicted octanol–water partition coefficient (Wildman–Crippen LogP) is -0.209. The number of halogens is 1. The van der Waals surface area contributed by atoms with Crippen LogP contribution in [0.25, 0.3) is 0 Å². The first-order chi connectivity index (χ1) is 5.00. The van der Waals surface area contributed by atoms with Crippen molar-refractivity contribution in [2.24, 2.45) is 5.14 Å². The van der Waals surface area contributed by atoms with Crippen LogP contribution in [0, 0.1) is 0 Å². The van der Waals surface area contributed by atoms with Crippen molar-refractivity contribution < 1.29 is 8.42 Å². The van der Waals surface area contributed by atoms with E-state index in [4.69, 9.17) is 5.14 Å². The summed E-state index contributed by atoms with van der Waals surface area (Å²) in [5.41, 5.74) is 0. The van der Waals surface area contributed by atoms with Gasteiger partial charge < -0.3 is 4.90 Å². The van der Waals surface area contributed by atoms with Crippen molar-refractivity contribution in [1.29, 1.82) is 0 Å². The lowest BCUT2D eigenvalue weighted by Crippen LogP contribution is -2.39. The molecule has 0 amide bonds. The molecule has 6 heteroatoms. The number of hydrogen-bond donors (Lipinski definition) is 1. The Morgan fingerprint density at radius 1 is 1.33 bits per heavy atom. The number of nitrogens with zero attached hydrogens (tertiary/aromatic N) is 1. The minimum absolute atomic E-state index is 0. The first-order valence-electron chi connectivity index (χ1n) is 3.70. The fraction of sp³-hybridized carbons (Fsp3) is 1.00. The number of rotatable bonds is 1. The van der Waals surface area contributed by atoms with Crippen LogP contribution in [0.1, 0.15) is 12.8 Å². The van der Waals surface area contributed by atoms with Gasteiger partial charge in [0.05, 0.1) is 5.25 Å². The van der Waals surface area contributed by atoms with Gasteiger partial charge in [-0.3, -0.25) is 0 Å². The smallest absolute Gasteiger partial charge is 0.212 e. The Morgan fingerprint density at radius 2 is 1.75 bits per heavy atom. The molecule has 1 aliphatic heterocycles. The van der Waals surface area contributed by atoms with E-state index >= 15 is 0 Å². The number of sulfonamides is 1.